The first-order valence-electron chi connectivity index (χ1n) is 7.66. The summed E-state index contributed by atoms with van der Waals surface area (Å²) in [5.74, 6) is 0.488. The van der Waals surface area contributed by atoms with Crippen molar-refractivity contribution in [2.75, 3.05) is 39.0 Å². The second-order valence-corrected chi connectivity index (χ2v) is 6.05. The van der Waals surface area contributed by atoms with E-state index < -0.39 is 0 Å². The van der Waals surface area contributed by atoms with Crippen LogP contribution >= 0.6 is 0 Å². The van der Waals surface area contributed by atoms with Crippen LogP contribution in [0.1, 0.15) is 37.3 Å². The third-order valence-corrected chi connectivity index (χ3v) is 3.46. The van der Waals surface area contributed by atoms with Crippen LogP contribution in [0, 0.1) is 6.92 Å². The van der Waals surface area contributed by atoms with Crippen LogP contribution in [0.5, 0.6) is 0 Å². The van der Waals surface area contributed by atoms with E-state index >= 15 is 0 Å². The minimum Gasteiger partial charge on any atom is -0.376 e. The van der Waals surface area contributed by atoms with Crippen LogP contribution < -0.4 is 10.6 Å². The molecule has 0 heterocycles. The highest BCUT2D eigenvalue weighted by Crippen LogP contribution is 2.26. The van der Waals surface area contributed by atoms with Crippen LogP contribution in [0.15, 0.2) is 18.2 Å². The Kier molecular flexibility index (Phi) is 7.23. The average molecular weight is 291 g/mol. The molecule has 4 nitrogen and oxygen atoms in total. The number of para-hydroxylation sites is 1. The van der Waals surface area contributed by atoms with Gasteiger partial charge in [0.05, 0.1) is 6.54 Å². The molecule has 0 aromatic heterocycles. The Bertz CT molecular complexity index is 455. The third kappa shape index (κ3) is 6.17. The second-order valence-electron chi connectivity index (χ2n) is 6.05. The Morgan fingerprint density at radius 2 is 2.00 bits per heavy atom. The topological polar surface area (TPSA) is 44.4 Å². The highest BCUT2D eigenvalue weighted by molar-refractivity contribution is 5.81. The standard InChI is InChI=1S/C17H29N3O/c1-13(2)15-9-6-8-14(3)17(15)19-12-16(21)18-10-7-11-20(4)5/h6,8-9,13,19H,7,10-12H2,1-5H3,(H,18,21). The summed E-state index contributed by atoms with van der Waals surface area (Å²) in [5.41, 5.74) is 3.54. The molecule has 0 aliphatic heterocycles. The van der Waals surface area contributed by atoms with E-state index in [0.717, 1.165) is 25.2 Å². The molecule has 0 spiro atoms. The summed E-state index contributed by atoms with van der Waals surface area (Å²) >= 11 is 0. The van der Waals surface area contributed by atoms with Crippen molar-refractivity contribution in [1.82, 2.24) is 10.2 Å². The number of anilines is 1. The minimum absolute atomic E-state index is 0.0479. The molecule has 2 N–H and O–H groups in total. The lowest BCUT2D eigenvalue weighted by molar-refractivity contribution is -0.119. The fourth-order valence-corrected chi connectivity index (χ4v) is 2.27. The number of amides is 1. The lowest BCUT2D eigenvalue weighted by Gasteiger charge is -2.17. The second kappa shape index (κ2) is 8.67. The van der Waals surface area contributed by atoms with Crippen molar-refractivity contribution >= 4 is 11.6 Å². The van der Waals surface area contributed by atoms with Gasteiger partial charge in [-0.15, -0.1) is 0 Å². The first-order valence-corrected chi connectivity index (χ1v) is 7.66. The van der Waals surface area contributed by atoms with E-state index in [1.807, 2.05) is 14.1 Å². The molecule has 21 heavy (non-hydrogen) atoms. The van der Waals surface area contributed by atoms with Crippen molar-refractivity contribution in [3.8, 4) is 0 Å². The minimum atomic E-state index is 0.0479. The normalized spacial score (nSPS) is 11.0. The van der Waals surface area contributed by atoms with Crippen molar-refractivity contribution in [2.45, 2.75) is 33.1 Å². The number of rotatable bonds is 8. The van der Waals surface area contributed by atoms with Crippen LogP contribution in [0.4, 0.5) is 5.69 Å². The number of hydrogen-bond acceptors (Lipinski definition) is 3. The Labute approximate surface area is 128 Å². The van der Waals surface area contributed by atoms with E-state index in [2.05, 4.69) is 54.5 Å². The fourth-order valence-electron chi connectivity index (χ4n) is 2.27. The monoisotopic (exact) mass is 291 g/mol. The van der Waals surface area contributed by atoms with Crippen molar-refractivity contribution in [3.63, 3.8) is 0 Å². The summed E-state index contributed by atoms with van der Waals surface area (Å²) < 4.78 is 0. The third-order valence-electron chi connectivity index (χ3n) is 3.46. The quantitative estimate of drug-likeness (QED) is 0.724. The number of carbonyl (C=O) groups excluding carboxylic acids is 1. The van der Waals surface area contributed by atoms with Gasteiger partial charge >= 0.3 is 0 Å². The van der Waals surface area contributed by atoms with Gasteiger partial charge in [0.2, 0.25) is 5.91 Å². The highest BCUT2D eigenvalue weighted by atomic mass is 16.1. The van der Waals surface area contributed by atoms with Crippen LogP contribution in [0.3, 0.4) is 0 Å². The number of hydrogen-bond donors (Lipinski definition) is 2. The summed E-state index contributed by atoms with van der Waals surface area (Å²) in [6, 6.07) is 6.26. The maximum absolute atomic E-state index is 11.9. The molecule has 1 amide bonds. The lowest BCUT2D eigenvalue weighted by Crippen LogP contribution is -2.32. The van der Waals surface area contributed by atoms with Crippen molar-refractivity contribution in [2.24, 2.45) is 0 Å². The van der Waals surface area contributed by atoms with Gasteiger partial charge in [0.1, 0.15) is 0 Å². The van der Waals surface area contributed by atoms with Gasteiger partial charge in [-0.25, -0.2) is 0 Å². The molecule has 0 aliphatic rings. The van der Waals surface area contributed by atoms with E-state index in [-0.39, 0.29) is 5.91 Å². The van der Waals surface area contributed by atoms with Crippen molar-refractivity contribution < 1.29 is 4.79 Å². The Balaban J connectivity index is 2.46. The van der Waals surface area contributed by atoms with Crippen molar-refractivity contribution in [1.29, 1.82) is 0 Å². The lowest BCUT2D eigenvalue weighted by atomic mass is 9.98. The predicted molar refractivity (Wildman–Crippen MR) is 89.9 cm³/mol. The van der Waals surface area contributed by atoms with Gasteiger partial charge in [-0.1, -0.05) is 32.0 Å². The first-order chi connectivity index (χ1) is 9.91. The molecule has 0 saturated heterocycles. The first kappa shape index (κ1) is 17.5. The molecular formula is C17H29N3O. The molecule has 118 valence electrons. The molecule has 0 unspecified atom stereocenters. The smallest absolute Gasteiger partial charge is 0.239 e. The van der Waals surface area contributed by atoms with E-state index in [1.54, 1.807) is 0 Å². The molecule has 4 heteroatoms. The van der Waals surface area contributed by atoms with Gasteiger partial charge in [0.25, 0.3) is 0 Å². The summed E-state index contributed by atoms with van der Waals surface area (Å²) in [5, 5.41) is 6.24. The molecule has 0 bridgehead atoms. The zero-order chi connectivity index (χ0) is 15.8. The molecule has 0 aliphatic carbocycles. The maximum atomic E-state index is 11.9. The van der Waals surface area contributed by atoms with E-state index in [4.69, 9.17) is 0 Å². The molecule has 1 aromatic rings. The number of carbonyl (C=O) groups is 1. The zero-order valence-corrected chi connectivity index (χ0v) is 14.0. The summed E-state index contributed by atoms with van der Waals surface area (Å²) in [6.45, 7) is 8.45. The van der Waals surface area contributed by atoms with E-state index in [9.17, 15) is 4.79 Å². The molecule has 0 atom stereocenters. The summed E-state index contributed by atoms with van der Waals surface area (Å²) in [7, 11) is 4.07. The largest absolute Gasteiger partial charge is 0.376 e. The zero-order valence-electron chi connectivity index (χ0n) is 14.0. The molecule has 0 radical (unpaired) electrons. The van der Waals surface area contributed by atoms with Crippen LogP contribution in [-0.2, 0) is 4.79 Å². The molecule has 0 saturated carbocycles. The van der Waals surface area contributed by atoms with E-state index in [0.29, 0.717) is 12.5 Å². The van der Waals surface area contributed by atoms with Gasteiger partial charge in [-0.2, -0.15) is 0 Å². The Morgan fingerprint density at radius 3 is 2.62 bits per heavy atom. The summed E-state index contributed by atoms with van der Waals surface area (Å²) in [4.78, 5) is 14.0. The number of aryl methyl sites for hydroxylation is 1. The number of nitrogens with one attached hydrogen (secondary N) is 2. The number of benzene rings is 1. The Morgan fingerprint density at radius 1 is 1.29 bits per heavy atom. The van der Waals surface area contributed by atoms with Gasteiger partial charge in [-0.05, 0) is 51.0 Å². The maximum Gasteiger partial charge on any atom is 0.239 e. The van der Waals surface area contributed by atoms with Crippen molar-refractivity contribution in [3.05, 3.63) is 29.3 Å². The Hall–Kier alpha value is -1.55. The average Bonchev–Trinajstić information content (AvgIpc) is 2.41. The van der Waals surface area contributed by atoms with Gasteiger partial charge in [0.15, 0.2) is 0 Å². The SMILES string of the molecule is Cc1cccc(C(C)C)c1NCC(=O)NCCCN(C)C. The van der Waals surface area contributed by atoms with Crippen LogP contribution in [0.2, 0.25) is 0 Å². The number of nitrogens with zero attached hydrogens (tertiary/aromatic N) is 1. The fraction of sp³-hybridized carbons (Fsp3) is 0.588. The van der Waals surface area contributed by atoms with Gasteiger partial charge in [-0.3, -0.25) is 4.79 Å². The molecule has 1 aromatic carbocycles. The van der Waals surface area contributed by atoms with Crippen LogP contribution in [-0.4, -0.2) is 44.5 Å². The van der Waals surface area contributed by atoms with Crippen LogP contribution in [0.25, 0.3) is 0 Å². The highest BCUT2D eigenvalue weighted by Gasteiger charge is 2.10. The van der Waals surface area contributed by atoms with Gasteiger partial charge < -0.3 is 15.5 Å². The van der Waals surface area contributed by atoms with E-state index in [1.165, 1.54) is 11.1 Å². The molecule has 1 rings (SSSR count). The molecular weight excluding hydrogens is 262 g/mol. The summed E-state index contributed by atoms with van der Waals surface area (Å²) in [6.07, 6.45) is 0.973. The molecule has 0 fully saturated rings. The predicted octanol–water partition coefficient (Wildman–Crippen LogP) is 2.60. The van der Waals surface area contributed by atoms with Gasteiger partial charge in [0, 0.05) is 12.2 Å².